The van der Waals surface area contributed by atoms with Gasteiger partial charge in [-0.2, -0.15) is 9.97 Å². The largest absolute Gasteiger partial charge is 0.395 e. The van der Waals surface area contributed by atoms with Crippen LogP contribution in [-0.2, 0) is 16.0 Å². The van der Waals surface area contributed by atoms with Crippen LogP contribution < -0.4 is 21.8 Å². The molecule has 4 aromatic heterocycles. The molecule has 8 rings (SSSR count). The van der Waals surface area contributed by atoms with E-state index in [0.717, 1.165) is 44.3 Å². The molecule has 0 unspecified atom stereocenters. The second kappa shape index (κ2) is 18.1. The van der Waals surface area contributed by atoms with E-state index in [9.17, 15) is 14.7 Å². The zero-order chi connectivity index (χ0) is 36.7. The Morgan fingerprint density at radius 1 is 0.741 bits per heavy atom. The minimum Gasteiger partial charge on any atom is -0.395 e. The summed E-state index contributed by atoms with van der Waals surface area (Å²) in [5, 5.41) is 18.6. The van der Waals surface area contributed by atoms with Crippen LogP contribution in [0.4, 0.5) is 11.9 Å². The number of nitrogens with one attached hydrogen (secondary N) is 3. The van der Waals surface area contributed by atoms with E-state index in [-0.39, 0.29) is 42.7 Å². The Labute approximate surface area is 326 Å². The van der Waals surface area contributed by atoms with Gasteiger partial charge in [-0.05, 0) is 49.9 Å². The van der Waals surface area contributed by atoms with Crippen molar-refractivity contribution in [3.8, 4) is 22.3 Å². The normalized spacial score (nSPS) is 14.9. The topological polar surface area (TPSA) is 169 Å². The summed E-state index contributed by atoms with van der Waals surface area (Å²) < 4.78 is 12.2. The van der Waals surface area contributed by atoms with E-state index in [1.165, 1.54) is 4.57 Å². The Bertz CT molecular complexity index is 2350. The SMILES string of the molecule is Cl.O=c1[nH]c2nc(NC3CCOCC3)ncc2cc1-c1ccccc1Cl.O=c1c(-c2ccccc2Cl)cc2cnc(NC3CCOCC3)nc2n1CCO. The van der Waals surface area contributed by atoms with Gasteiger partial charge in [0.1, 0.15) is 11.3 Å². The maximum absolute atomic E-state index is 13.1. The molecule has 0 aliphatic carbocycles. The number of hydrogen-bond donors (Lipinski definition) is 4. The molecule has 282 valence electrons. The van der Waals surface area contributed by atoms with Crippen molar-refractivity contribution < 1.29 is 14.6 Å². The molecule has 54 heavy (non-hydrogen) atoms. The molecule has 0 radical (unpaired) electrons. The molecule has 16 heteroatoms. The average molecular weight is 794 g/mol. The summed E-state index contributed by atoms with van der Waals surface area (Å²) in [6.07, 6.45) is 7.01. The van der Waals surface area contributed by atoms with Crippen molar-refractivity contribution in [2.24, 2.45) is 0 Å². The van der Waals surface area contributed by atoms with Crippen molar-refractivity contribution in [2.45, 2.75) is 44.3 Å². The molecule has 13 nitrogen and oxygen atoms in total. The number of aromatic nitrogens is 6. The zero-order valence-corrected chi connectivity index (χ0v) is 31.5. The van der Waals surface area contributed by atoms with Crippen LogP contribution in [0.1, 0.15) is 25.7 Å². The molecule has 2 aliphatic heterocycles. The number of rotatable bonds is 8. The summed E-state index contributed by atoms with van der Waals surface area (Å²) in [4.78, 5) is 46.2. The van der Waals surface area contributed by atoms with E-state index < -0.39 is 0 Å². The van der Waals surface area contributed by atoms with E-state index >= 15 is 0 Å². The molecule has 0 bridgehead atoms. The number of H-pyrrole nitrogens is 1. The van der Waals surface area contributed by atoms with Gasteiger partial charge in [0.05, 0.1) is 13.2 Å². The van der Waals surface area contributed by atoms with E-state index in [2.05, 4.69) is 35.6 Å². The standard InChI is InChI=1S/C20H21ClN4O3.C18H17ClN4O2.ClH/c21-17-4-2-1-3-15(17)16-11-13-12-22-20(23-14-5-9-28-10-6-14)24-18(13)25(7-8-26)19(16)27;19-15-4-2-1-3-13(15)14-9-11-10-20-18(23-16(11)22-17(14)24)21-12-5-7-25-8-6-12;/h1-4,11-12,14,26H,5-10H2,(H,22,23,24);1-4,9-10,12H,5-8H2,(H2,20,21,22,23,24);1H. The summed E-state index contributed by atoms with van der Waals surface area (Å²) >= 11 is 12.5. The molecular weight excluding hydrogens is 755 g/mol. The monoisotopic (exact) mass is 792 g/mol. The second-order valence-corrected chi connectivity index (χ2v) is 13.6. The number of pyridine rings is 2. The minimum absolute atomic E-state index is 0. The first-order chi connectivity index (χ1) is 25.9. The first kappa shape index (κ1) is 39.1. The molecule has 0 atom stereocenters. The minimum atomic E-state index is -0.245. The highest BCUT2D eigenvalue weighted by atomic mass is 35.5. The fourth-order valence-corrected chi connectivity index (χ4v) is 6.87. The third kappa shape index (κ3) is 9.00. The van der Waals surface area contributed by atoms with Crippen molar-refractivity contribution in [1.29, 1.82) is 0 Å². The lowest BCUT2D eigenvalue weighted by molar-refractivity contribution is 0.0902. The van der Waals surface area contributed by atoms with Gasteiger partial charge in [0.15, 0.2) is 0 Å². The Kier molecular flexibility index (Phi) is 13.1. The number of anilines is 2. The smallest absolute Gasteiger partial charge is 0.260 e. The molecular formula is C38H39Cl3N8O5. The summed E-state index contributed by atoms with van der Waals surface area (Å²) in [7, 11) is 0. The van der Waals surface area contributed by atoms with Crippen LogP contribution in [0.15, 0.2) is 82.6 Å². The van der Waals surface area contributed by atoms with Crippen LogP contribution in [0.3, 0.4) is 0 Å². The van der Waals surface area contributed by atoms with Gasteiger partial charge in [0, 0.05) is 94.0 Å². The number of nitrogens with zero attached hydrogens (tertiary/aromatic N) is 5. The molecule has 0 saturated carbocycles. The van der Waals surface area contributed by atoms with Crippen LogP contribution >= 0.6 is 35.6 Å². The van der Waals surface area contributed by atoms with Crippen LogP contribution in [0, 0.1) is 0 Å². The highest BCUT2D eigenvalue weighted by Crippen LogP contribution is 2.28. The highest BCUT2D eigenvalue weighted by molar-refractivity contribution is 6.33. The van der Waals surface area contributed by atoms with Crippen molar-refractivity contribution in [1.82, 2.24) is 29.5 Å². The fraction of sp³-hybridized carbons (Fsp3) is 0.316. The lowest BCUT2D eigenvalue weighted by Gasteiger charge is -2.23. The number of aliphatic hydroxyl groups is 1. The van der Waals surface area contributed by atoms with Crippen LogP contribution in [0.25, 0.3) is 44.3 Å². The van der Waals surface area contributed by atoms with E-state index in [1.807, 2.05) is 30.3 Å². The summed E-state index contributed by atoms with van der Waals surface area (Å²) in [5.74, 6) is 0.983. The number of benzene rings is 2. The first-order valence-electron chi connectivity index (χ1n) is 17.5. The third-order valence-electron chi connectivity index (χ3n) is 9.18. The summed E-state index contributed by atoms with van der Waals surface area (Å²) in [6.45, 7) is 2.87. The number of fused-ring (bicyclic) bond motifs is 2. The Morgan fingerprint density at radius 3 is 1.83 bits per heavy atom. The molecule has 2 saturated heterocycles. The molecule has 2 fully saturated rings. The number of hydrogen-bond acceptors (Lipinski definition) is 11. The highest BCUT2D eigenvalue weighted by Gasteiger charge is 2.19. The quantitative estimate of drug-likeness (QED) is 0.136. The number of aromatic amines is 1. The van der Waals surface area contributed by atoms with Gasteiger partial charge in [-0.3, -0.25) is 14.2 Å². The summed E-state index contributed by atoms with van der Waals surface area (Å²) in [6, 6.07) is 18.5. The summed E-state index contributed by atoms with van der Waals surface area (Å²) in [5.41, 5.74) is 2.82. The van der Waals surface area contributed by atoms with Gasteiger partial charge < -0.3 is 30.2 Å². The maximum Gasteiger partial charge on any atom is 0.260 e. The van der Waals surface area contributed by atoms with Gasteiger partial charge in [0.2, 0.25) is 11.9 Å². The van der Waals surface area contributed by atoms with Gasteiger partial charge in [-0.15, -0.1) is 12.4 Å². The van der Waals surface area contributed by atoms with Crippen molar-refractivity contribution in [2.75, 3.05) is 43.7 Å². The zero-order valence-electron chi connectivity index (χ0n) is 29.1. The Hall–Kier alpha value is -4.63. The lowest BCUT2D eigenvalue weighted by Crippen LogP contribution is -2.29. The predicted octanol–water partition coefficient (Wildman–Crippen LogP) is 6.35. The molecule has 2 aliphatic rings. The maximum atomic E-state index is 13.1. The molecule has 2 aromatic carbocycles. The fourth-order valence-electron chi connectivity index (χ4n) is 6.40. The average Bonchev–Trinajstić information content (AvgIpc) is 3.17. The number of aliphatic hydroxyl groups excluding tert-OH is 1. The van der Waals surface area contributed by atoms with Crippen LogP contribution in [0.5, 0.6) is 0 Å². The van der Waals surface area contributed by atoms with Gasteiger partial charge in [-0.1, -0.05) is 59.6 Å². The van der Waals surface area contributed by atoms with E-state index in [4.69, 9.17) is 32.7 Å². The van der Waals surface area contributed by atoms with E-state index in [0.29, 0.717) is 80.1 Å². The first-order valence-corrected chi connectivity index (χ1v) is 18.2. The van der Waals surface area contributed by atoms with Crippen LogP contribution in [-0.4, -0.2) is 79.7 Å². The molecule has 4 N–H and O–H groups in total. The van der Waals surface area contributed by atoms with Crippen molar-refractivity contribution >= 4 is 69.6 Å². The van der Waals surface area contributed by atoms with E-state index in [1.54, 1.807) is 42.7 Å². The second-order valence-electron chi connectivity index (χ2n) is 12.7. The molecule has 0 amide bonds. The molecule has 6 aromatic rings. The molecule has 0 spiro atoms. The molecule has 6 heterocycles. The predicted molar refractivity (Wildman–Crippen MR) is 214 cm³/mol. The van der Waals surface area contributed by atoms with Crippen molar-refractivity contribution in [3.05, 3.63) is 104 Å². The van der Waals surface area contributed by atoms with Gasteiger partial charge in [-0.25, -0.2) is 9.97 Å². The number of ether oxygens (including phenoxy) is 2. The lowest BCUT2D eigenvalue weighted by atomic mass is 10.1. The van der Waals surface area contributed by atoms with Crippen molar-refractivity contribution in [3.63, 3.8) is 0 Å². The third-order valence-corrected chi connectivity index (χ3v) is 9.84. The Morgan fingerprint density at radius 2 is 1.26 bits per heavy atom. The van der Waals surface area contributed by atoms with Gasteiger partial charge in [0.25, 0.3) is 11.1 Å². The van der Waals surface area contributed by atoms with Crippen LogP contribution in [0.2, 0.25) is 10.0 Å². The van der Waals surface area contributed by atoms with Gasteiger partial charge >= 0.3 is 0 Å². The Balaban J connectivity index is 0.000000182. The number of halogens is 3.